The first kappa shape index (κ1) is 25.5. The molecular formula is C31H31N3O3. The monoisotopic (exact) mass is 493 g/mol. The zero-order valence-electron chi connectivity index (χ0n) is 20.8. The first-order chi connectivity index (χ1) is 18.0. The van der Waals surface area contributed by atoms with Crippen LogP contribution in [0.4, 0.5) is 5.69 Å². The summed E-state index contributed by atoms with van der Waals surface area (Å²) >= 11 is 0. The number of methoxy groups -OCH3 is 1. The van der Waals surface area contributed by atoms with Crippen molar-refractivity contribution in [3.05, 3.63) is 131 Å². The third kappa shape index (κ3) is 6.98. The predicted molar refractivity (Wildman–Crippen MR) is 146 cm³/mol. The highest BCUT2D eigenvalue weighted by atomic mass is 16.5. The summed E-state index contributed by atoms with van der Waals surface area (Å²) in [4.78, 5) is 27.1. The molecule has 0 aliphatic rings. The number of nitrogens with two attached hydrogens (primary N) is 1. The number of ether oxygens (including phenoxy) is 1. The van der Waals surface area contributed by atoms with Gasteiger partial charge in [0.05, 0.1) is 13.0 Å². The van der Waals surface area contributed by atoms with Gasteiger partial charge < -0.3 is 21.1 Å². The van der Waals surface area contributed by atoms with Crippen LogP contribution in [0.5, 0.6) is 5.75 Å². The van der Waals surface area contributed by atoms with Crippen LogP contribution in [0.3, 0.4) is 0 Å². The Hall–Kier alpha value is -4.58. The van der Waals surface area contributed by atoms with Crippen LogP contribution >= 0.6 is 0 Å². The van der Waals surface area contributed by atoms with E-state index in [4.69, 9.17) is 10.5 Å². The fourth-order valence-corrected chi connectivity index (χ4v) is 4.20. The summed E-state index contributed by atoms with van der Waals surface area (Å²) in [6, 6.07) is 33.2. The Morgan fingerprint density at radius 2 is 1.27 bits per heavy atom. The molecule has 4 aromatic carbocycles. The number of carbonyl (C=O) groups is 2. The second-order valence-electron chi connectivity index (χ2n) is 8.83. The Bertz CT molecular complexity index is 1250. The lowest BCUT2D eigenvalue weighted by molar-refractivity contribution is -0.129. The molecule has 6 nitrogen and oxygen atoms in total. The van der Waals surface area contributed by atoms with Crippen molar-refractivity contribution in [1.82, 2.24) is 10.6 Å². The summed E-state index contributed by atoms with van der Waals surface area (Å²) in [5, 5.41) is 6.00. The van der Waals surface area contributed by atoms with Crippen molar-refractivity contribution in [2.75, 3.05) is 12.8 Å². The molecule has 188 valence electrons. The second-order valence-corrected chi connectivity index (χ2v) is 8.83. The zero-order valence-corrected chi connectivity index (χ0v) is 20.8. The van der Waals surface area contributed by atoms with Crippen molar-refractivity contribution in [3.63, 3.8) is 0 Å². The molecule has 37 heavy (non-hydrogen) atoms. The van der Waals surface area contributed by atoms with Gasteiger partial charge >= 0.3 is 0 Å². The van der Waals surface area contributed by atoms with Crippen molar-refractivity contribution >= 4 is 17.5 Å². The molecule has 4 aromatic rings. The standard InChI is InChI=1S/C31H31N3O3/c1-37-27-18-14-23(15-19-27)21-33-30(35)28(20-22-12-16-26(32)17-13-22)34-31(36)29(24-8-4-2-5-9-24)25-10-6-3-7-11-25/h2-19,28-29H,20-21,32H2,1H3,(H,33,35)(H,34,36). The van der Waals surface area contributed by atoms with E-state index in [1.807, 2.05) is 97.1 Å². The van der Waals surface area contributed by atoms with Gasteiger partial charge in [-0.1, -0.05) is 84.9 Å². The Kier molecular flexibility index (Phi) is 8.55. The van der Waals surface area contributed by atoms with Gasteiger partial charge in [-0.25, -0.2) is 0 Å². The van der Waals surface area contributed by atoms with Crippen molar-refractivity contribution in [2.45, 2.75) is 24.9 Å². The van der Waals surface area contributed by atoms with Crippen LogP contribution in [-0.4, -0.2) is 25.0 Å². The van der Waals surface area contributed by atoms with E-state index < -0.39 is 12.0 Å². The quantitative estimate of drug-likeness (QED) is 0.285. The number of carbonyl (C=O) groups excluding carboxylic acids is 2. The summed E-state index contributed by atoms with van der Waals surface area (Å²) in [5.41, 5.74) is 10.0. The second kappa shape index (κ2) is 12.4. The molecule has 0 saturated carbocycles. The van der Waals surface area contributed by atoms with Crippen LogP contribution in [-0.2, 0) is 22.6 Å². The first-order valence-corrected chi connectivity index (χ1v) is 12.2. The van der Waals surface area contributed by atoms with Crippen LogP contribution in [0, 0.1) is 0 Å². The smallest absolute Gasteiger partial charge is 0.243 e. The lowest BCUT2D eigenvalue weighted by atomic mass is 9.90. The number of amides is 2. The molecule has 0 aliphatic heterocycles. The SMILES string of the molecule is COc1ccc(CNC(=O)C(Cc2ccc(N)cc2)NC(=O)C(c2ccccc2)c2ccccc2)cc1. The van der Waals surface area contributed by atoms with Gasteiger partial charge in [0, 0.05) is 18.7 Å². The Morgan fingerprint density at radius 1 is 0.730 bits per heavy atom. The molecule has 0 fully saturated rings. The average Bonchev–Trinajstić information content (AvgIpc) is 2.94. The van der Waals surface area contributed by atoms with E-state index >= 15 is 0 Å². The Morgan fingerprint density at radius 3 is 1.81 bits per heavy atom. The minimum atomic E-state index is -0.774. The maximum atomic E-state index is 13.7. The van der Waals surface area contributed by atoms with E-state index in [0.717, 1.165) is 28.0 Å². The molecule has 4 rings (SSSR count). The van der Waals surface area contributed by atoms with E-state index in [-0.39, 0.29) is 11.8 Å². The predicted octanol–water partition coefficient (Wildman–Crippen LogP) is 4.45. The van der Waals surface area contributed by atoms with Gasteiger partial charge in [-0.05, 0) is 46.5 Å². The number of nitrogens with one attached hydrogen (secondary N) is 2. The van der Waals surface area contributed by atoms with Crippen LogP contribution in [0.15, 0.2) is 109 Å². The molecule has 6 heteroatoms. The highest BCUT2D eigenvalue weighted by Gasteiger charge is 2.28. The molecule has 1 atom stereocenters. The van der Waals surface area contributed by atoms with Crippen molar-refractivity contribution in [3.8, 4) is 5.75 Å². The molecule has 0 radical (unpaired) electrons. The molecule has 0 bridgehead atoms. The summed E-state index contributed by atoms with van der Waals surface area (Å²) in [6.45, 7) is 0.331. The molecule has 2 amide bonds. The minimum Gasteiger partial charge on any atom is -0.497 e. The fourth-order valence-electron chi connectivity index (χ4n) is 4.20. The molecule has 0 saturated heterocycles. The number of hydrogen-bond donors (Lipinski definition) is 3. The lowest BCUT2D eigenvalue weighted by Gasteiger charge is -2.23. The molecule has 4 N–H and O–H groups in total. The maximum absolute atomic E-state index is 13.7. The van der Waals surface area contributed by atoms with Gasteiger partial charge in [0.15, 0.2) is 0 Å². The molecule has 1 unspecified atom stereocenters. The maximum Gasteiger partial charge on any atom is 0.243 e. The van der Waals surface area contributed by atoms with E-state index in [2.05, 4.69) is 10.6 Å². The van der Waals surface area contributed by atoms with E-state index in [9.17, 15) is 9.59 Å². The third-order valence-electron chi connectivity index (χ3n) is 6.21. The van der Waals surface area contributed by atoms with Gasteiger partial charge in [0.2, 0.25) is 11.8 Å². The third-order valence-corrected chi connectivity index (χ3v) is 6.21. The number of nitrogen functional groups attached to an aromatic ring is 1. The number of hydrogen-bond acceptors (Lipinski definition) is 4. The summed E-state index contributed by atoms with van der Waals surface area (Å²) in [7, 11) is 1.61. The normalized spacial score (nSPS) is 11.5. The Balaban J connectivity index is 1.56. The number of benzene rings is 4. The summed E-state index contributed by atoms with van der Waals surface area (Å²) < 4.78 is 5.20. The molecule has 0 aliphatic carbocycles. The van der Waals surface area contributed by atoms with Crippen molar-refractivity contribution in [1.29, 1.82) is 0 Å². The van der Waals surface area contributed by atoms with Crippen molar-refractivity contribution < 1.29 is 14.3 Å². The average molecular weight is 494 g/mol. The van der Waals surface area contributed by atoms with Crippen LogP contribution in [0.2, 0.25) is 0 Å². The number of rotatable bonds is 10. The van der Waals surface area contributed by atoms with E-state index in [1.54, 1.807) is 19.2 Å². The Labute approximate surface area is 217 Å². The van der Waals surface area contributed by atoms with Gasteiger partial charge in [0.25, 0.3) is 0 Å². The van der Waals surface area contributed by atoms with Crippen LogP contribution < -0.4 is 21.1 Å². The number of anilines is 1. The van der Waals surface area contributed by atoms with Crippen LogP contribution in [0.1, 0.15) is 28.2 Å². The van der Waals surface area contributed by atoms with Gasteiger partial charge in [-0.2, -0.15) is 0 Å². The largest absolute Gasteiger partial charge is 0.497 e. The highest BCUT2D eigenvalue weighted by molar-refractivity contribution is 5.92. The molecule has 0 aromatic heterocycles. The topological polar surface area (TPSA) is 93.4 Å². The van der Waals surface area contributed by atoms with E-state index in [1.165, 1.54) is 0 Å². The van der Waals surface area contributed by atoms with Gasteiger partial charge in [-0.3, -0.25) is 9.59 Å². The van der Waals surface area contributed by atoms with E-state index in [0.29, 0.717) is 18.7 Å². The highest BCUT2D eigenvalue weighted by Crippen LogP contribution is 2.25. The molecule has 0 spiro atoms. The first-order valence-electron chi connectivity index (χ1n) is 12.2. The minimum absolute atomic E-state index is 0.238. The molecular weight excluding hydrogens is 462 g/mol. The van der Waals surface area contributed by atoms with Crippen molar-refractivity contribution in [2.24, 2.45) is 0 Å². The fraction of sp³-hybridized carbons (Fsp3) is 0.161. The summed E-state index contributed by atoms with van der Waals surface area (Å²) in [5.74, 6) is -0.305. The lowest BCUT2D eigenvalue weighted by Crippen LogP contribution is -2.49. The summed E-state index contributed by atoms with van der Waals surface area (Å²) in [6.07, 6.45) is 0.330. The van der Waals surface area contributed by atoms with Crippen LogP contribution in [0.25, 0.3) is 0 Å². The van der Waals surface area contributed by atoms with Gasteiger partial charge in [-0.15, -0.1) is 0 Å². The van der Waals surface area contributed by atoms with Gasteiger partial charge in [0.1, 0.15) is 11.8 Å². The molecule has 0 heterocycles. The zero-order chi connectivity index (χ0) is 26.0.